The minimum absolute atomic E-state index is 0.0197. The van der Waals surface area contributed by atoms with Crippen LogP contribution in [0, 0.1) is 11.3 Å². The number of allylic oxidation sites excluding steroid dienone is 2. The number of nitriles is 1. The second kappa shape index (κ2) is 6.16. The Morgan fingerprint density at radius 1 is 1.33 bits per heavy atom. The van der Waals surface area contributed by atoms with E-state index in [9.17, 15) is 10.1 Å². The van der Waals surface area contributed by atoms with Gasteiger partial charge in [0.15, 0.2) is 5.78 Å². The van der Waals surface area contributed by atoms with Gasteiger partial charge >= 0.3 is 0 Å². The molecule has 0 saturated carbocycles. The fraction of sp³-hybridized carbons (Fsp3) is 0.375. The number of benzene rings is 1. The summed E-state index contributed by atoms with van der Waals surface area (Å²) in [6, 6.07) is 11.6. The van der Waals surface area contributed by atoms with Gasteiger partial charge in [0.25, 0.3) is 0 Å². The van der Waals surface area contributed by atoms with Crippen molar-refractivity contribution >= 4 is 5.78 Å². The lowest BCUT2D eigenvalue weighted by molar-refractivity contribution is -0.122. The summed E-state index contributed by atoms with van der Waals surface area (Å²) in [6.07, 6.45) is 2.78. The van der Waals surface area contributed by atoms with Gasteiger partial charge in [-0.05, 0) is 25.8 Å². The van der Waals surface area contributed by atoms with Gasteiger partial charge in [-0.2, -0.15) is 5.26 Å². The molecule has 1 unspecified atom stereocenters. The van der Waals surface area contributed by atoms with E-state index in [0.717, 1.165) is 11.1 Å². The SMILES string of the molecule is CCC(=O)C(C#N)(CC=C(C)C)c1ccccc1. The molecule has 0 N–H and O–H groups in total. The predicted octanol–water partition coefficient (Wildman–Crippen LogP) is 3.78. The summed E-state index contributed by atoms with van der Waals surface area (Å²) in [5.74, 6) is -0.0197. The molecule has 1 atom stereocenters. The van der Waals surface area contributed by atoms with Crippen LogP contribution in [0.2, 0.25) is 0 Å². The van der Waals surface area contributed by atoms with Crippen molar-refractivity contribution in [3.8, 4) is 6.07 Å². The van der Waals surface area contributed by atoms with Gasteiger partial charge in [-0.15, -0.1) is 0 Å². The molecule has 94 valence electrons. The van der Waals surface area contributed by atoms with Crippen LogP contribution in [-0.2, 0) is 10.2 Å². The van der Waals surface area contributed by atoms with E-state index in [1.54, 1.807) is 6.92 Å². The topological polar surface area (TPSA) is 40.9 Å². The first-order valence-electron chi connectivity index (χ1n) is 6.20. The molecule has 0 aliphatic heterocycles. The number of hydrogen-bond acceptors (Lipinski definition) is 2. The van der Waals surface area contributed by atoms with Gasteiger partial charge in [-0.1, -0.05) is 48.9 Å². The molecule has 1 rings (SSSR count). The molecule has 18 heavy (non-hydrogen) atoms. The van der Waals surface area contributed by atoms with Gasteiger partial charge in [0.05, 0.1) is 6.07 Å². The molecule has 0 bridgehead atoms. The quantitative estimate of drug-likeness (QED) is 0.736. The van der Waals surface area contributed by atoms with Crippen LogP contribution in [0.5, 0.6) is 0 Å². The number of Topliss-reactive ketones (excluding diaryl/α,β-unsaturated/α-hetero) is 1. The fourth-order valence-corrected chi connectivity index (χ4v) is 1.95. The van der Waals surface area contributed by atoms with Crippen LogP contribution in [0.4, 0.5) is 0 Å². The van der Waals surface area contributed by atoms with Crippen molar-refractivity contribution in [3.63, 3.8) is 0 Å². The monoisotopic (exact) mass is 241 g/mol. The highest BCUT2D eigenvalue weighted by atomic mass is 16.1. The largest absolute Gasteiger partial charge is 0.298 e. The number of rotatable bonds is 5. The van der Waals surface area contributed by atoms with E-state index in [-0.39, 0.29) is 5.78 Å². The van der Waals surface area contributed by atoms with Crippen LogP contribution in [0.15, 0.2) is 42.0 Å². The molecule has 2 heteroatoms. The standard InChI is InChI=1S/C16H19NO/c1-4-15(18)16(12-17,11-10-13(2)3)14-8-6-5-7-9-14/h5-10H,4,11H2,1-3H3. The first kappa shape index (κ1) is 14.2. The van der Waals surface area contributed by atoms with Crippen LogP contribution >= 0.6 is 0 Å². The summed E-state index contributed by atoms with van der Waals surface area (Å²) < 4.78 is 0. The van der Waals surface area contributed by atoms with Crippen LogP contribution in [0.3, 0.4) is 0 Å². The first-order valence-corrected chi connectivity index (χ1v) is 6.20. The number of hydrogen-bond donors (Lipinski definition) is 0. The zero-order valence-electron chi connectivity index (χ0n) is 11.2. The Morgan fingerprint density at radius 3 is 2.39 bits per heavy atom. The van der Waals surface area contributed by atoms with E-state index in [2.05, 4.69) is 6.07 Å². The molecule has 1 aromatic carbocycles. The summed E-state index contributed by atoms with van der Waals surface area (Å²) >= 11 is 0. The molecule has 0 saturated heterocycles. The van der Waals surface area contributed by atoms with Gasteiger partial charge in [-0.25, -0.2) is 0 Å². The average Bonchev–Trinajstić information content (AvgIpc) is 2.40. The molecule has 1 aromatic rings. The van der Waals surface area contributed by atoms with E-state index in [0.29, 0.717) is 12.8 Å². The molecule has 0 aliphatic carbocycles. The van der Waals surface area contributed by atoms with E-state index in [1.807, 2.05) is 50.3 Å². The van der Waals surface area contributed by atoms with E-state index in [1.165, 1.54) is 0 Å². The third-order valence-corrected chi connectivity index (χ3v) is 3.07. The molecule has 2 nitrogen and oxygen atoms in total. The third kappa shape index (κ3) is 2.87. The molecular weight excluding hydrogens is 222 g/mol. The van der Waals surface area contributed by atoms with Gasteiger partial charge < -0.3 is 0 Å². The number of carbonyl (C=O) groups excluding carboxylic acids is 1. The highest BCUT2D eigenvalue weighted by Crippen LogP contribution is 2.30. The molecule has 0 fully saturated rings. The van der Waals surface area contributed by atoms with E-state index < -0.39 is 5.41 Å². The van der Waals surface area contributed by atoms with Crippen LogP contribution in [-0.4, -0.2) is 5.78 Å². The van der Waals surface area contributed by atoms with Crippen molar-refractivity contribution in [2.45, 2.75) is 39.0 Å². The van der Waals surface area contributed by atoms with E-state index in [4.69, 9.17) is 0 Å². The maximum atomic E-state index is 12.2. The zero-order valence-corrected chi connectivity index (χ0v) is 11.2. The second-order valence-electron chi connectivity index (χ2n) is 4.65. The molecule has 0 aliphatic rings. The van der Waals surface area contributed by atoms with Crippen molar-refractivity contribution in [1.29, 1.82) is 5.26 Å². The smallest absolute Gasteiger partial charge is 0.157 e. The van der Waals surface area contributed by atoms with Crippen molar-refractivity contribution in [2.24, 2.45) is 0 Å². The average molecular weight is 241 g/mol. The van der Waals surface area contributed by atoms with Crippen LogP contribution in [0.1, 0.15) is 39.2 Å². The van der Waals surface area contributed by atoms with Gasteiger partial charge in [0.2, 0.25) is 0 Å². The summed E-state index contributed by atoms with van der Waals surface area (Å²) in [5.41, 5.74) is 0.874. The van der Waals surface area contributed by atoms with Crippen molar-refractivity contribution in [1.82, 2.24) is 0 Å². The number of carbonyl (C=O) groups is 1. The predicted molar refractivity (Wildman–Crippen MR) is 73.1 cm³/mol. The Kier molecular flexibility index (Phi) is 4.85. The molecule has 0 aromatic heterocycles. The van der Waals surface area contributed by atoms with Gasteiger partial charge in [0.1, 0.15) is 5.41 Å². The molecule has 0 radical (unpaired) electrons. The summed E-state index contributed by atoms with van der Waals surface area (Å²) in [5, 5.41) is 9.54. The number of nitrogens with zero attached hydrogens (tertiary/aromatic N) is 1. The third-order valence-electron chi connectivity index (χ3n) is 3.07. The summed E-state index contributed by atoms with van der Waals surface area (Å²) in [7, 11) is 0. The minimum atomic E-state index is -1.03. The van der Waals surface area contributed by atoms with Gasteiger partial charge in [0, 0.05) is 6.42 Å². The first-order chi connectivity index (χ1) is 8.56. The Bertz CT molecular complexity index is 478. The molecule has 0 amide bonds. The van der Waals surface area contributed by atoms with Crippen molar-refractivity contribution in [2.75, 3.05) is 0 Å². The minimum Gasteiger partial charge on any atom is -0.298 e. The Balaban J connectivity index is 3.29. The highest BCUT2D eigenvalue weighted by molar-refractivity contribution is 5.93. The molecular formula is C16H19NO. The van der Waals surface area contributed by atoms with E-state index >= 15 is 0 Å². The highest BCUT2D eigenvalue weighted by Gasteiger charge is 2.37. The fourth-order valence-electron chi connectivity index (χ4n) is 1.95. The van der Waals surface area contributed by atoms with Crippen LogP contribution in [0.25, 0.3) is 0 Å². The lowest BCUT2D eigenvalue weighted by atomic mass is 9.74. The summed E-state index contributed by atoms with van der Waals surface area (Å²) in [6.45, 7) is 5.76. The van der Waals surface area contributed by atoms with Crippen molar-refractivity contribution in [3.05, 3.63) is 47.5 Å². The zero-order chi connectivity index (χ0) is 13.6. The molecule has 0 spiro atoms. The Labute approximate surface area is 109 Å². The van der Waals surface area contributed by atoms with Crippen LogP contribution < -0.4 is 0 Å². The normalized spacial score (nSPS) is 13.2. The Morgan fingerprint density at radius 2 is 1.94 bits per heavy atom. The maximum absolute atomic E-state index is 12.2. The summed E-state index contributed by atoms with van der Waals surface area (Å²) in [4.78, 5) is 12.2. The second-order valence-corrected chi connectivity index (χ2v) is 4.65. The maximum Gasteiger partial charge on any atom is 0.157 e. The Hall–Kier alpha value is -1.88. The van der Waals surface area contributed by atoms with Gasteiger partial charge in [-0.3, -0.25) is 4.79 Å². The lowest BCUT2D eigenvalue weighted by Crippen LogP contribution is -2.33. The van der Waals surface area contributed by atoms with Crippen molar-refractivity contribution < 1.29 is 4.79 Å². The number of ketones is 1. The lowest BCUT2D eigenvalue weighted by Gasteiger charge is -2.24. The molecule has 0 heterocycles.